The van der Waals surface area contributed by atoms with Crippen LogP contribution >= 0.6 is 0 Å². The minimum absolute atomic E-state index is 0.137. The summed E-state index contributed by atoms with van der Waals surface area (Å²) in [5.41, 5.74) is 4.01. The van der Waals surface area contributed by atoms with Crippen LogP contribution < -0.4 is 14.2 Å². The normalized spacial score (nSPS) is 17.4. The van der Waals surface area contributed by atoms with Gasteiger partial charge in [-0.25, -0.2) is 8.78 Å². The van der Waals surface area contributed by atoms with Crippen LogP contribution in [-0.2, 0) is 11.0 Å². The first kappa shape index (κ1) is 28.9. The molecule has 1 aliphatic carbocycles. The van der Waals surface area contributed by atoms with E-state index in [4.69, 9.17) is 14.2 Å². The lowest BCUT2D eigenvalue weighted by Crippen LogP contribution is -2.35. The number of hydrogen-bond acceptors (Lipinski definition) is 4. The molecule has 0 fully saturated rings. The number of ether oxygens (including phenoxy) is 3. The van der Waals surface area contributed by atoms with Gasteiger partial charge in [0, 0.05) is 28.2 Å². The SMILES string of the molecule is CCCCOc1ccc(C2(c3ccc(OC)cc3)C=Cc3c4c(c5cc(F)cc(F)c5c3O2)-c2ccc(O)cc2C4(C)C)cc1. The van der Waals surface area contributed by atoms with Crippen LogP contribution in [0.15, 0.2) is 84.9 Å². The average molecular weight is 605 g/mol. The summed E-state index contributed by atoms with van der Waals surface area (Å²) < 4.78 is 49.5. The van der Waals surface area contributed by atoms with Crippen LogP contribution in [0.4, 0.5) is 8.78 Å². The molecule has 5 aromatic carbocycles. The number of halogens is 2. The molecule has 228 valence electrons. The Morgan fingerprint density at radius 2 is 1.56 bits per heavy atom. The highest BCUT2D eigenvalue weighted by Gasteiger charge is 2.45. The lowest BCUT2D eigenvalue weighted by atomic mass is 9.76. The van der Waals surface area contributed by atoms with E-state index in [0.717, 1.165) is 63.6 Å². The van der Waals surface area contributed by atoms with E-state index in [1.807, 2.05) is 66.7 Å². The molecule has 0 radical (unpaired) electrons. The van der Waals surface area contributed by atoms with Gasteiger partial charge in [-0.05, 0) is 82.6 Å². The number of unbranched alkanes of at least 4 members (excludes halogenated alkanes) is 1. The zero-order valence-electron chi connectivity index (χ0n) is 25.7. The van der Waals surface area contributed by atoms with Gasteiger partial charge in [-0.1, -0.05) is 63.6 Å². The predicted molar refractivity (Wildman–Crippen MR) is 173 cm³/mol. The van der Waals surface area contributed by atoms with E-state index in [1.165, 1.54) is 6.07 Å². The number of hydrogen-bond donors (Lipinski definition) is 1. The summed E-state index contributed by atoms with van der Waals surface area (Å²) in [6, 6.07) is 22.9. The molecule has 5 aromatic rings. The highest BCUT2D eigenvalue weighted by atomic mass is 19.1. The lowest BCUT2D eigenvalue weighted by molar-refractivity contribution is 0.162. The molecule has 2 aliphatic rings. The number of fused-ring (bicyclic) bond motifs is 8. The second-order valence-electron chi connectivity index (χ2n) is 12.3. The van der Waals surface area contributed by atoms with E-state index in [1.54, 1.807) is 19.2 Å². The smallest absolute Gasteiger partial charge is 0.178 e. The van der Waals surface area contributed by atoms with Gasteiger partial charge in [0.2, 0.25) is 0 Å². The van der Waals surface area contributed by atoms with Crippen molar-refractivity contribution in [3.05, 3.63) is 124 Å². The van der Waals surface area contributed by atoms with Gasteiger partial charge in [0.25, 0.3) is 0 Å². The van der Waals surface area contributed by atoms with Gasteiger partial charge >= 0.3 is 0 Å². The molecule has 6 heteroatoms. The Morgan fingerprint density at radius 3 is 2.22 bits per heavy atom. The minimum atomic E-state index is -1.14. The predicted octanol–water partition coefficient (Wildman–Crippen LogP) is 9.67. The maximum absolute atomic E-state index is 16.1. The summed E-state index contributed by atoms with van der Waals surface area (Å²) in [6.45, 7) is 6.88. The van der Waals surface area contributed by atoms with Gasteiger partial charge in [0.1, 0.15) is 34.6 Å². The summed E-state index contributed by atoms with van der Waals surface area (Å²) in [5, 5.41) is 11.0. The number of phenolic OH excluding ortho intramolecular Hbond substituents is 1. The molecular formula is C39H34F2O4. The van der Waals surface area contributed by atoms with Crippen molar-refractivity contribution in [2.75, 3.05) is 13.7 Å². The van der Waals surface area contributed by atoms with E-state index >= 15 is 4.39 Å². The molecular weight excluding hydrogens is 570 g/mol. The Kier molecular flexibility index (Phi) is 6.84. The molecule has 1 heterocycles. The minimum Gasteiger partial charge on any atom is -0.508 e. The van der Waals surface area contributed by atoms with Crippen molar-refractivity contribution in [3.63, 3.8) is 0 Å². The number of aromatic hydroxyl groups is 1. The first-order chi connectivity index (χ1) is 21.7. The molecule has 0 saturated heterocycles. The quantitative estimate of drug-likeness (QED) is 0.188. The first-order valence-electron chi connectivity index (χ1n) is 15.3. The zero-order chi connectivity index (χ0) is 31.5. The maximum atomic E-state index is 16.1. The molecule has 0 bridgehead atoms. The zero-order valence-corrected chi connectivity index (χ0v) is 25.7. The van der Waals surface area contributed by atoms with E-state index in [-0.39, 0.29) is 11.1 Å². The van der Waals surface area contributed by atoms with Crippen molar-refractivity contribution in [1.29, 1.82) is 0 Å². The van der Waals surface area contributed by atoms with Crippen LogP contribution in [0.1, 0.15) is 61.4 Å². The van der Waals surface area contributed by atoms with E-state index in [9.17, 15) is 9.50 Å². The molecule has 0 amide bonds. The molecule has 0 saturated carbocycles. The molecule has 1 N–H and O–H groups in total. The van der Waals surface area contributed by atoms with Gasteiger partial charge in [-0.3, -0.25) is 0 Å². The average Bonchev–Trinajstić information content (AvgIpc) is 3.27. The summed E-state index contributed by atoms with van der Waals surface area (Å²) in [6.07, 6.45) is 6.01. The first-order valence-corrected chi connectivity index (χ1v) is 15.3. The van der Waals surface area contributed by atoms with Crippen LogP contribution in [0.3, 0.4) is 0 Å². The largest absolute Gasteiger partial charge is 0.508 e. The van der Waals surface area contributed by atoms with Gasteiger partial charge in [-0.15, -0.1) is 0 Å². The Labute approximate surface area is 261 Å². The number of rotatable bonds is 7. The Hall–Kier alpha value is -4.84. The third-order valence-corrected chi connectivity index (χ3v) is 9.20. The summed E-state index contributed by atoms with van der Waals surface area (Å²) in [5.74, 6) is 0.558. The number of methoxy groups -OCH3 is 1. The van der Waals surface area contributed by atoms with Crippen LogP contribution in [0, 0.1) is 11.6 Å². The van der Waals surface area contributed by atoms with E-state index in [0.29, 0.717) is 23.5 Å². The van der Waals surface area contributed by atoms with Crippen LogP contribution in [0.2, 0.25) is 0 Å². The standard InChI is InChI=1S/C39H34F2O4/c1-5-6-19-44-28-14-9-24(10-15-28)39(23-7-12-27(43-4)13-8-23)18-17-30-36-34(29-16-11-26(42)22-32(29)38(36,2)3)31-20-25(40)21-33(41)35(31)37(30)45-39/h7-18,20-22,42H,5-6,19H2,1-4H3. The highest BCUT2D eigenvalue weighted by molar-refractivity contribution is 6.08. The van der Waals surface area contributed by atoms with Crippen molar-refractivity contribution in [3.8, 4) is 34.1 Å². The molecule has 0 aromatic heterocycles. The third kappa shape index (κ3) is 4.46. The second kappa shape index (κ2) is 10.7. The third-order valence-electron chi connectivity index (χ3n) is 9.20. The maximum Gasteiger partial charge on any atom is 0.178 e. The van der Waals surface area contributed by atoms with Crippen molar-refractivity contribution in [2.45, 2.75) is 44.6 Å². The molecule has 1 unspecified atom stereocenters. The summed E-state index contributed by atoms with van der Waals surface area (Å²) in [4.78, 5) is 0. The topological polar surface area (TPSA) is 47.9 Å². The molecule has 7 rings (SSSR count). The molecule has 4 nitrogen and oxygen atoms in total. The van der Waals surface area contributed by atoms with Crippen molar-refractivity contribution in [1.82, 2.24) is 0 Å². The van der Waals surface area contributed by atoms with Crippen LogP contribution in [0.5, 0.6) is 23.0 Å². The van der Waals surface area contributed by atoms with Crippen LogP contribution in [-0.4, -0.2) is 18.8 Å². The van der Waals surface area contributed by atoms with Crippen LogP contribution in [0.25, 0.3) is 28.0 Å². The Morgan fingerprint density at radius 1 is 0.867 bits per heavy atom. The fourth-order valence-corrected chi connectivity index (χ4v) is 6.96. The van der Waals surface area contributed by atoms with Crippen molar-refractivity contribution < 1.29 is 28.1 Å². The molecule has 1 atom stereocenters. The molecule has 45 heavy (non-hydrogen) atoms. The lowest BCUT2D eigenvalue weighted by Gasteiger charge is -2.38. The monoisotopic (exact) mass is 604 g/mol. The van der Waals surface area contributed by atoms with Gasteiger partial charge in [0.15, 0.2) is 5.60 Å². The highest BCUT2D eigenvalue weighted by Crippen LogP contribution is 2.59. The summed E-state index contributed by atoms with van der Waals surface area (Å²) >= 11 is 0. The number of phenols is 1. The Bertz CT molecular complexity index is 1980. The second-order valence-corrected chi connectivity index (χ2v) is 12.3. The van der Waals surface area contributed by atoms with Crippen molar-refractivity contribution >= 4 is 16.8 Å². The fourth-order valence-electron chi connectivity index (χ4n) is 6.96. The summed E-state index contributed by atoms with van der Waals surface area (Å²) in [7, 11) is 1.61. The number of benzene rings is 5. The van der Waals surface area contributed by atoms with Gasteiger partial charge in [0.05, 0.1) is 19.1 Å². The van der Waals surface area contributed by atoms with Gasteiger partial charge < -0.3 is 19.3 Å². The van der Waals surface area contributed by atoms with Crippen molar-refractivity contribution in [2.24, 2.45) is 0 Å². The van der Waals surface area contributed by atoms with Gasteiger partial charge in [-0.2, -0.15) is 0 Å². The molecule has 1 aliphatic heterocycles. The Balaban J connectivity index is 1.49. The fraction of sp³-hybridized carbons (Fsp3) is 0.231. The van der Waals surface area contributed by atoms with E-state index in [2.05, 4.69) is 20.8 Å². The molecule has 0 spiro atoms. The van der Waals surface area contributed by atoms with E-state index < -0.39 is 22.7 Å².